The average molecular weight is 233 g/mol. The molecule has 0 aliphatic rings. The van der Waals surface area contributed by atoms with Gasteiger partial charge in [0.25, 0.3) is 0 Å². The zero-order valence-electron chi connectivity index (χ0n) is 8.88. The fraction of sp³-hybridized carbons (Fsp3) is 0.182. The Morgan fingerprint density at radius 3 is 2.82 bits per heavy atom. The first-order valence-corrected chi connectivity index (χ1v) is 4.81. The molecule has 1 aromatic rings. The first-order chi connectivity index (χ1) is 8.02. The first kappa shape index (κ1) is 12.7. The maximum Gasteiger partial charge on any atom is 0.321 e. The van der Waals surface area contributed by atoms with Gasteiger partial charge < -0.3 is 16.2 Å². The largest absolute Gasteiger partial charge is 0.480 e. The number of benzene rings is 1. The Labute approximate surface area is 97.7 Å². The second kappa shape index (κ2) is 5.63. The van der Waals surface area contributed by atoms with Crippen molar-refractivity contribution in [1.82, 2.24) is 0 Å². The van der Waals surface area contributed by atoms with E-state index in [1.54, 1.807) is 18.2 Å². The first-order valence-electron chi connectivity index (χ1n) is 4.81. The van der Waals surface area contributed by atoms with E-state index in [4.69, 9.17) is 16.1 Å². The number of carboxylic acids is 1. The number of nitrogens with two attached hydrogens (primary N) is 1. The number of carboxylic acid groups (broad SMARTS) is 1. The Balaban J connectivity index is 2.62. The number of aliphatic carboxylic acids is 1. The van der Waals surface area contributed by atoms with E-state index in [1.807, 2.05) is 6.07 Å². The second-order valence-corrected chi connectivity index (χ2v) is 3.39. The highest BCUT2D eigenvalue weighted by atomic mass is 16.4. The van der Waals surface area contributed by atoms with E-state index in [-0.39, 0.29) is 6.42 Å². The number of rotatable bonds is 4. The van der Waals surface area contributed by atoms with E-state index in [0.29, 0.717) is 11.3 Å². The Morgan fingerprint density at radius 1 is 1.53 bits per heavy atom. The summed E-state index contributed by atoms with van der Waals surface area (Å²) >= 11 is 0. The van der Waals surface area contributed by atoms with Crippen LogP contribution < -0.4 is 11.1 Å². The quantitative estimate of drug-likeness (QED) is 0.691. The van der Waals surface area contributed by atoms with Crippen molar-refractivity contribution in [2.75, 3.05) is 5.32 Å². The van der Waals surface area contributed by atoms with Crippen LogP contribution in [-0.2, 0) is 9.59 Å². The van der Waals surface area contributed by atoms with Gasteiger partial charge >= 0.3 is 5.97 Å². The van der Waals surface area contributed by atoms with Gasteiger partial charge in [0.1, 0.15) is 6.04 Å². The predicted octanol–water partition coefficient (Wildman–Crippen LogP) is 0.299. The lowest BCUT2D eigenvalue weighted by molar-refractivity contribution is -0.140. The van der Waals surface area contributed by atoms with Gasteiger partial charge in [-0.3, -0.25) is 9.59 Å². The summed E-state index contributed by atoms with van der Waals surface area (Å²) in [6.07, 6.45) is -0.313. The lowest BCUT2D eigenvalue weighted by Gasteiger charge is -2.07. The fourth-order valence-electron chi connectivity index (χ4n) is 1.17. The second-order valence-electron chi connectivity index (χ2n) is 3.39. The van der Waals surface area contributed by atoms with E-state index in [9.17, 15) is 9.59 Å². The van der Waals surface area contributed by atoms with Crippen molar-refractivity contribution in [2.45, 2.75) is 12.5 Å². The SMILES string of the molecule is N#Cc1cccc(NC(=O)CC(N)C(=O)O)c1. The molecule has 0 heterocycles. The van der Waals surface area contributed by atoms with Crippen LogP contribution in [0.5, 0.6) is 0 Å². The van der Waals surface area contributed by atoms with E-state index in [0.717, 1.165) is 0 Å². The predicted molar refractivity (Wildman–Crippen MR) is 60.0 cm³/mol. The smallest absolute Gasteiger partial charge is 0.321 e. The third kappa shape index (κ3) is 3.93. The van der Waals surface area contributed by atoms with Crippen LogP contribution in [-0.4, -0.2) is 23.0 Å². The van der Waals surface area contributed by atoms with Crippen LogP contribution in [0, 0.1) is 11.3 Å². The minimum Gasteiger partial charge on any atom is -0.480 e. The van der Waals surface area contributed by atoms with Crippen LogP contribution in [0.25, 0.3) is 0 Å². The molecule has 0 aliphatic heterocycles. The van der Waals surface area contributed by atoms with Crippen molar-refractivity contribution in [3.8, 4) is 6.07 Å². The Bertz CT molecular complexity index is 479. The van der Waals surface area contributed by atoms with Gasteiger partial charge in [0.2, 0.25) is 5.91 Å². The number of hydrogen-bond acceptors (Lipinski definition) is 4. The molecule has 0 fully saturated rings. The van der Waals surface area contributed by atoms with Gasteiger partial charge in [-0.2, -0.15) is 5.26 Å². The van der Waals surface area contributed by atoms with E-state index >= 15 is 0 Å². The fourth-order valence-corrected chi connectivity index (χ4v) is 1.17. The number of hydrogen-bond donors (Lipinski definition) is 3. The average Bonchev–Trinajstić information content (AvgIpc) is 2.28. The van der Waals surface area contributed by atoms with Gasteiger partial charge in [-0.25, -0.2) is 0 Å². The summed E-state index contributed by atoms with van der Waals surface area (Å²) in [6, 6.07) is 7.01. The van der Waals surface area contributed by atoms with Crippen molar-refractivity contribution in [3.63, 3.8) is 0 Å². The molecule has 1 aromatic carbocycles. The van der Waals surface area contributed by atoms with Gasteiger partial charge in [0.15, 0.2) is 0 Å². The Morgan fingerprint density at radius 2 is 2.24 bits per heavy atom. The van der Waals surface area contributed by atoms with E-state index < -0.39 is 17.9 Å². The highest BCUT2D eigenvalue weighted by molar-refractivity contribution is 5.94. The van der Waals surface area contributed by atoms with Gasteiger partial charge in [-0.05, 0) is 18.2 Å². The molecule has 88 valence electrons. The molecule has 0 aliphatic carbocycles. The van der Waals surface area contributed by atoms with Crippen molar-refractivity contribution >= 4 is 17.6 Å². The Hall–Kier alpha value is -2.39. The van der Waals surface area contributed by atoms with Crippen molar-refractivity contribution in [1.29, 1.82) is 5.26 Å². The molecule has 4 N–H and O–H groups in total. The normalized spacial score (nSPS) is 11.3. The monoisotopic (exact) mass is 233 g/mol. The molecular formula is C11H11N3O3. The Kier molecular flexibility index (Phi) is 4.20. The van der Waals surface area contributed by atoms with Gasteiger partial charge in [-0.1, -0.05) is 6.07 Å². The molecule has 0 aromatic heterocycles. The van der Waals surface area contributed by atoms with Crippen LogP contribution in [0.4, 0.5) is 5.69 Å². The number of nitrogens with one attached hydrogen (secondary N) is 1. The lowest BCUT2D eigenvalue weighted by Crippen LogP contribution is -2.34. The number of nitriles is 1. The number of nitrogens with zero attached hydrogens (tertiary/aromatic N) is 1. The highest BCUT2D eigenvalue weighted by Gasteiger charge is 2.16. The number of amides is 1. The van der Waals surface area contributed by atoms with Crippen molar-refractivity contribution < 1.29 is 14.7 Å². The molecule has 0 saturated heterocycles. The maximum atomic E-state index is 11.4. The van der Waals surface area contributed by atoms with Gasteiger partial charge in [0, 0.05) is 5.69 Å². The number of anilines is 1. The zero-order valence-corrected chi connectivity index (χ0v) is 8.88. The molecule has 1 atom stereocenters. The number of carbonyl (C=O) groups is 2. The van der Waals surface area contributed by atoms with Crippen LogP contribution in [0.15, 0.2) is 24.3 Å². The molecular weight excluding hydrogens is 222 g/mol. The molecule has 6 nitrogen and oxygen atoms in total. The summed E-state index contributed by atoms with van der Waals surface area (Å²) < 4.78 is 0. The standard InChI is InChI=1S/C11H11N3O3/c12-6-7-2-1-3-8(4-7)14-10(15)5-9(13)11(16)17/h1-4,9H,5,13H2,(H,14,15)(H,16,17). The summed E-state index contributed by atoms with van der Waals surface area (Å²) in [7, 11) is 0. The maximum absolute atomic E-state index is 11.4. The summed E-state index contributed by atoms with van der Waals surface area (Å²) in [5.74, 6) is -1.74. The zero-order chi connectivity index (χ0) is 12.8. The molecule has 1 amide bonds. The molecule has 0 radical (unpaired) electrons. The van der Waals surface area contributed by atoms with Crippen LogP contribution in [0.3, 0.4) is 0 Å². The number of carbonyl (C=O) groups excluding carboxylic acids is 1. The summed E-state index contributed by atoms with van der Waals surface area (Å²) in [5, 5.41) is 19.7. The molecule has 0 bridgehead atoms. The lowest BCUT2D eigenvalue weighted by atomic mass is 10.2. The topological polar surface area (TPSA) is 116 Å². The minimum atomic E-state index is -1.23. The van der Waals surface area contributed by atoms with E-state index in [1.165, 1.54) is 6.07 Å². The van der Waals surface area contributed by atoms with Crippen LogP contribution in [0.1, 0.15) is 12.0 Å². The molecule has 0 spiro atoms. The van der Waals surface area contributed by atoms with Crippen molar-refractivity contribution in [2.24, 2.45) is 5.73 Å². The summed E-state index contributed by atoms with van der Waals surface area (Å²) in [6.45, 7) is 0. The summed E-state index contributed by atoms with van der Waals surface area (Å²) in [4.78, 5) is 21.8. The van der Waals surface area contributed by atoms with Crippen molar-refractivity contribution in [3.05, 3.63) is 29.8 Å². The van der Waals surface area contributed by atoms with Gasteiger partial charge in [-0.15, -0.1) is 0 Å². The van der Waals surface area contributed by atoms with Gasteiger partial charge in [0.05, 0.1) is 18.1 Å². The molecule has 17 heavy (non-hydrogen) atoms. The van der Waals surface area contributed by atoms with E-state index in [2.05, 4.69) is 5.32 Å². The third-order valence-electron chi connectivity index (χ3n) is 2.00. The highest BCUT2D eigenvalue weighted by Crippen LogP contribution is 2.10. The molecule has 1 unspecified atom stereocenters. The molecule has 0 saturated carbocycles. The summed E-state index contributed by atoms with van der Waals surface area (Å²) in [5.41, 5.74) is 6.06. The van der Waals surface area contributed by atoms with Crippen LogP contribution in [0.2, 0.25) is 0 Å². The minimum absolute atomic E-state index is 0.313. The molecule has 6 heteroatoms. The molecule has 1 rings (SSSR count). The van der Waals surface area contributed by atoms with Crippen LogP contribution >= 0.6 is 0 Å². The third-order valence-corrected chi connectivity index (χ3v) is 2.00.